The number of aliphatic hydroxyl groups is 1. The van der Waals surface area contributed by atoms with Crippen LogP contribution < -0.4 is 5.56 Å². The van der Waals surface area contributed by atoms with Gasteiger partial charge >= 0.3 is 0 Å². The van der Waals surface area contributed by atoms with Crippen LogP contribution in [-0.4, -0.2) is 16.3 Å². The minimum Gasteiger partial charge on any atom is -0.396 e. The molecule has 2 rings (SSSR count). The topological polar surface area (TPSA) is 42.2 Å². The lowest BCUT2D eigenvalue weighted by Crippen LogP contribution is -2.19. The average Bonchev–Trinajstić information content (AvgIpc) is 2.29. The first-order chi connectivity index (χ1) is 7.72. The molecule has 2 aromatic rings. The second-order valence-electron chi connectivity index (χ2n) is 3.62. The zero-order valence-electron chi connectivity index (χ0n) is 8.69. The first-order valence-corrected chi connectivity index (χ1v) is 5.50. The highest BCUT2D eigenvalue weighted by Gasteiger charge is 2.02. The Morgan fingerprint density at radius 1 is 1.31 bits per heavy atom. The van der Waals surface area contributed by atoms with Gasteiger partial charge in [0.1, 0.15) is 0 Å². The van der Waals surface area contributed by atoms with E-state index in [1.165, 1.54) is 0 Å². The van der Waals surface area contributed by atoms with E-state index >= 15 is 0 Å². The summed E-state index contributed by atoms with van der Waals surface area (Å²) in [5.74, 6) is 0. The number of aliphatic hydroxyl groups excluding tert-OH is 1. The Bertz CT molecular complexity index is 562. The van der Waals surface area contributed by atoms with Gasteiger partial charge in [-0.15, -0.1) is 0 Å². The third-order valence-electron chi connectivity index (χ3n) is 2.50. The molecule has 0 aliphatic carbocycles. The van der Waals surface area contributed by atoms with E-state index in [1.807, 2.05) is 12.1 Å². The third kappa shape index (κ3) is 2.10. The molecule has 0 atom stereocenters. The summed E-state index contributed by atoms with van der Waals surface area (Å²) in [6.07, 6.45) is 2.32. The molecule has 4 heteroatoms. The van der Waals surface area contributed by atoms with Gasteiger partial charge in [-0.1, -0.05) is 17.7 Å². The minimum absolute atomic E-state index is 0.0616. The quantitative estimate of drug-likeness (QED) is 0.888. The van der Waals surface area contributed by atoms with Gasteiger partial charge in [0, 0.05) is 29.8 Å². The average molecular weight is 238 g/mol. The predicted octanol–water partition coefficient (Wildman–Crippen LogP) is 2.04. The van der Waals surface area contributed by atoms with Crippen molar-refractivity contribution in [2.45, 2.75) is 13.0 Å². The number of benzene rings is 1. The molecule has 0 fully saturated rings. The first kappa shape index (κ1) is 11.2. The third-order valence-corrected chi connectivity index (χ3v) is 2.73. The first-order valence-electron chi connectivity index (χ1n) is 5.12. The Balaban J connectivity index is 2.55. The highest BCUT2D eigenvalue weighted by Crippen LogP contribution is 2.15. The molecule has 0 aliphatic heterocycles. The Kier molecular flexibility index (Phi) is 3.27. The van der Waals surface area contributed by atoms with E-state index in [-0.39, 0.29) is 12.2 Å². The lowest BCUT2D eigenvalue weighted by molar-refractivity contribution is 0.279. The summed E-state index contributed by atoms with van der Waals surface area (Å²) >= 11 is 5.86. The second kappa shape index (κ2) is 4.68. The Labute approximate surface area is 97.9 Å². The monoisotopic (exact) mass is 237 g/mol. The zero-order valence-corrected chi connectivity index (χ0v) is 9.44. The molecule has 3 nitrogen and oxygen atoms in total. The van der Waals surface area contributed by atoms with Gasteiger partial charge in [0.15, 0.2) is 0 Å². The lowest BCUT2D eigenvalue weighted by atomic mass is 10.2. The van der Waals surface area contributed by atoms with Crippen LogP contribution in [0.25, 0.3) is 10.8 Å². The van der Waals surface area contributed by atoms with Crippen molar-refractivity contribution in [3.63, 3.8) is 0 Å². The highest BCUT2D eigenvalue weighted by atomic mass is 35.5. The minimum atomic E-state index is -0.0616. The number of halogens is 1. The molecule has 0 aliphatic rings. The smallest absolute Gasteiger partial charge is 0.258 e. The van der Waals surface area contributed by atoms with Gasteiger partial charge in [0.2, 0.25) is 0 Å². The van der Waals surface area contributed by atoms with E-state index in [9.17, 15) is 4.79 Å². The van der Waals surface area contributed by atoms with Crippen molar-refractivity contribution < 1.29 is 5.11 Å². The Morgan fingerprint density at radius 2 is 2.12 bits per heavy atom. The van der Waals surface area contributed by atoms with Crippen LogP contribution in [0, 0.1) is 0 Å². The number of nitrogens with zero attached hydrogens (tertiary/aromatic N) is 1. The molecule has 84 valence electrons. The molecule has 16 heavy (non-hydrogen) atoms. The van der Waals surface area contributed by atoms with E-state index in [0.717, 1.165) is 5.39 Å². The van der Waals surface area contributed by atoms with Crippen molar-refractivity contribution in [3.05, 3.63) is 45.8 Å². The summed E-state index contributed by atoms with van der Waals surface area (Å²) in [7, 11) is 0. The fourth-order valence-electron chi connectivity index (χ4n) is 1.67. The van der Waals surface area contributed by atoms with Gasteiger partial charge in [-0.25, -0.2) is 0 Å². The predicted molar refractivity (Wildman–Crippen MR) is 64.9 cm³/mol. The van der Waals surface area contributed by atoms with Crippen molar-refractivity contribution >= 4 is 22.4 Å². The normalized spacial score (nSPS) is 10.9. The van der Waals surface area contributed by atoms with Crippen LogP contribution in [0.15, 0.2) is 35.3 Å². The molecular weight excluding hydrogens is 226 g/mol. The SMILES string of the molecule is O=c1c2cc(Cl)ccc2ccn1CCCO. The molecule has 0 unspecified atom stereocenters. The van der Waals surface area contributed by atoms with E-state index < -0.39 is 0 Å². The van der Waals surface area contributed by atoms with Crippen LogP contribution in [0.3, 0.4) is 0 Å². The van der Waals surface area contributed by atoms with Gasteiger partial charge in [0.25, 0.3) is 5.56 Å². The van der Waals surface area contributed by atoms with Crippen molar-refractivity contribution in [2.75, 3.05) is 6.61 Å². The number of fused-ring (bicyclic) bond motifs is 1. The zero-order chi connectivity index (χ0) is 11.5. The van der Waals surface area contributed by atoms with Crippen LogP contribution >= 0.6 is 11.6 Å². The maximum absolute atomic E-state index is 12.0. The largest absolute Gasteiger partial charge is 0.396 e. The maximum Gasteiger partial charge on any atom is 0.258 e. The molecule has 0 amide bonds. The van der Waals surface area contributed by atoms with Gasteiger partial charge < -0.3 is 9.67 Å². The van der Waals surface area contributed by atoms with Gasteiger partial charge in [0.05, 0.1) is 0 Å². The fraction of sp³-hybridized carbons (Fsp3) is 0.250. The second-order valence-corrected chi connectivity index (χ2v) is 4.06. The lowest BCUT2D eigenvalue weighted by Gasteiger charge is -2.06. The van der Waals surface area contributed by atoms with Crippen LogP contribution in [0.2, 0.25) is 5.02 Å². The van der Waals surface area contributed by atoms with E-state index in [4.69, 9.17) is 16.7 Å². The van der Waals surface area contributed by atoms with E-state index in [2.05, 4.69) is 0 Å². The number of hydrogen-bond acceptors (Lipinski definition) is 2. The number of hydrogen-bond donors (Lipinski definition) is 1. The van der Waals surface area contributed by atoms with Crippen LogP contribution in [0.4, 0.5) is 0 Å². The van der Waals surface area contributed by atoms with Gasteiger partial charge in [-0.05, 0) is 30.0 Å². The molecule has 0 saturated carbocycles. The molecule has 0 bridgehead atoms. The summed E-state index contributed by atoms with van der Waals surface area (Å²) in [6.45, 7) is 0.609. The van der Waals surface area contributed by atoms with Crippen molar-refractivity contribution in [1.82, 2.24) is 4.57 Å². The molecule has 1 N–H and O–H groups in total. The summed E-state index contributed by atoms with van der Waals surface area (Å²) in [4.78, 5) is 12.0. The number of aromatic nitrogens is 1. The Morgan fingerprint density at radius 3 is 2.88 bits per heavy atom. The highest BCUT2D eigenvalue weighted by molar-refractivity contribution is 6.31. The molecule has 1 aromatic carbocycles. The van der Waals surface area contributed by atoms with Gasteiger partial charge in [-0.2, -0.15) is 0 Å². The summed E-state index contributed by atoms with van der Waals surface area (Å²) in [5.41, 5.74) is -0.0616. The Hall–Kier alpha value is -1.32. The number of aryl methyl sites for hydroxylation is 1. The summed E-state index contributed by atoms with van der Waals surface area (Å²) in [6, 6.07) is 7.15. The van der Waals surface area contributed by atoms with E-state index in [0.29, 0.717) is 23.4 Å². The fourth-order valence-corrected chi connectivity index (χ4v) is 1.84. The molecular formula is C12H12ClNO2. The van der Waals surface area contributed by atoms with E-state index in [1.54, 1.807) is 22.9 Å². The van der Waals surface area contributed by atoms with Crippen molar-refractivity contribution in [1.29, 1.82) is 0 Å². The van der Waals surface area contributed by atoms with Gasteiger partial charge in [-0.3, -0.25) is 4.79 Å². The molecule has 0 saturated heterocycles. The molecule has 0 radical (unpaired) electrons. The van der Waals surface area contributed by atoms with Crippen molar-refractivity contribution in [3.8, 4) is 0 Å². The van der Waals surface area contributed by atoms with Crippen LogP contribution in [0.5, 0.6) is 0 Å². The number of rotatable bonds is 3. The number of pyridine rings is 1. The molecule has 1 aromatic heterocycles. The molecule has 1 heterocycles. The van der Waals surface area contributed by atoms with Crippen LogP contribution in [0.1, 0.15) is 6.42 Å². The summed E-state index contributed by atoms with van der Waals surface area (Å²) < 4.78 is 1.59. The summed E-state index contributed by atoms with van der Waals surface area (Å²) in [5, 5.41) is 10.8. The van der Waals surface area contributed by atoms with Crippen molar-refractivity contribution in [2.24, 2.45) is 0 Å². The molecule has 0 spiro atoms. The van der Waals surface area contributed by atoms with Crippen LogP contribution in [-0.2, 0) is 6.54 Å². The maximum atomic E-state index is 12.0. The standard InChI is InChI=1S/C12H12ClNO2/c13-10-3-2-9-4-6-14(5-1-7-15)12(16)11(9)8-10/h2-4,6,8,15H,1,5,7H2.